The van der Waals surface area contributed by atoms with Gasteiger partial charge in [-0.3, -0.25) is 5.84 Å². The summed E-state index contributed by atoms with van der Waals surface area (Å²) in [5, 5.41) is 2.09. The molecule has 1 atom stereocenters. The Morgan fingerprint density at radius 2 is 2.24 bits per heavy atom. The highest BCUT2D eigenvalue weighted by atomic mass is 32.1. The van der Waals surface area contributed by atoms with E-state index in [0.29, 0.717) is 0 Å². The monoisotopic (exact) mass is 256 g/mol. The number of ether oxygens (including phenoxy) is 2. The van der Waals surface area contributed by atoms with Crippen molar-refractivity contribution in [3.8, 4) is 0 Å². The molecule has 0 spiro atoms. The van der Waals surface area contributed by atoms with Crippen LogP contribution >= 0.6 is 11.3 Å². The average molecular weight is 256 g/mol. The Labute approximate surface area is 106 Å². The Kier molecular flexibility index (Phi) is 4.17. The standard InChI is InChI=1S/C12H20N2O2S/c1-9-3-8-17-10(9)11(14-13)12(15-2)4-6-16-7-5-12/h3,8,11,14H,4-7,13H2,1-2H3. The predicted molar refractivity (Wildman–Crippen MR) is 68.9 cm³/mol. The van der Waals surface area contributed by atoms with E-state index < -0.39 is 0 Å². The highest BCUT2D eigenvalue weighted by Crippen LogP contribution is 2.39. The van der Waals surface area contributed by atoms with Crippen LogP contribution in [0.5, 0.6) is 0 Å². The molecule has 3 N–H and O–H groups in total. The van der Waals surface area contributed by atoms with Crippen molar-refractivity contribution in [2.45, 2.75) is 31.4 Å². The van der Waals surface area contributed by atoms with Gasteiger partial charge in [-0.2, -0.15) is 0 Å². The molecule has 96 valence electrons. The first kappa shape index (κ1) is 13.0. The van der Waals surface area contributed by atoms with Gasteiger partial charge in [0.2, 0.25) is 0 Å². The summed E-state index contributed by atoms with van der Waals surface area (Å²) in [6.07, 6.45) is 1.74. The van der Waals surface area contributed by atoms with E-state index in [-0.39, 0.29) is 11.6 Å². The van der Waals surface area contributed by atoms with Crippen molar-refractivity contribution in [3.63, 3.8) is 0 Å². The van der Waals surface area contributed by atoms with Crippen molar-refractivity contribution in [1.82, 2.24) is 5.43 Å². The number of hydrogen-bond acceptors (Lipinski definition) is 5. The largest absolute Gasteiger partial charge is 0.381 e. The van der Waals surface area contributed by atoms with E-state index >= 15 is 0 Å². The molecule has 0 aromatic carbocycles. The average Bonchev–Trinajstić information content (AvgIpc) is 2.78. The Morgan fingerprint density at radius 1 is 1.53 bits per heavy atom. The van der Waals surface area contributed by atoms with Gasteiger partial charge in [0.05, 0.1) is 11.6 Å². The van der Waals surface area contributed by atoms with Crippen LogP contribution in [0.1, 0.15) is 29.3 Å². The Bertz CT molecular complexity index is 361. The molecule has 4 nitrogen and oxygen atoms in total. The lowest BCUT2D eigenvalue weighted by molar-refractivity contribution is -0.111. The maximum atomic E-state index is 5.79. The van der Waals surface area contributed by atoms with Crippen LogP contribution in [0, 0.1) is 6.92 Å². The number of thiophene rings is 1. The van der Waals surface area contributed by atoms with Crippen LogP contribution in [0.25, 0.3) is 0 Å². The lowest BCUT2D eigenvalue weighted by Crippen LogP contribution is -2.51. The van der Waals surface area contributed by atoms with Gasteiger partial charge in [0, 0.05) is 38.0 Å². The molecule has 17 heavy (non-hydrogen) atoms. The van der Waals surface area contributed by atoms with Crippen LogP contribution in [-0.4, -0.2) is 25.9 Å². The number of rotatable bonds is 4. The van der Waals surface area contributed by atoms with Crippen LogP contribution in [0.3, 0.4) is 0 Å². The van der Waals surface area contributed by atoms with Gasteiger partial charge in [0.25, 0.3) is 0 Å². The maximum Gasteiger partial charge on any atom is 0.0937 e. The Balaban J connectivity index is 2.29. The van der Waals surface area contributed by atoms with Gasteiger partial charge in [-0.25, -0.2) is 5.43 Å². The zero-order chi connectivity index (χ0) is 12.3. The van der Waals surface area contributed by atoms with E-state index in [2.05, 4.69) is 23.8 Å². The SMILES string of the molecule is COC1(C(NN)c2sccc2C)CCOCC1. The van der Waals surface area contributed by atoms with Gasteiger partial charge < -0.3 is 9.47 Å². The summed E-state index contributed by atoms with van der Waals surface area (Å²) in [5.74, 6) is 5.76. The second kappa shape index (κ2) is 5.46. The minimum absolute atomic E-state index is 0.0383. The number of hydrazine groups is 1. The second-order valence-corrected chi connectivity index (χ2v) is 5.40. The van der Waals surface area contributed by atoms with Crippen molar-refractivity contribution in [2.75, 3.05) is 20.3 Å². The van der Waals surface area contributed by atoms with Gasteiger partial charge >= 0.3 is 0 Å². The summed E-state index contributed by atoms with van der Waals surface area (Å²) in [6.45, 7) is 3.58. The third-order valence-electron chi connectivity index (χ3n) is 3.60. The van der Waals surface area contributed by atoms with Crippen LogP contribution in [0.4, 0.5) is 0 Å². The molecular weight excluding hydrogens is 236 g/mol. The smallest absolute Gasteiger partial charge is 0.0937 e. The van der Waals surface area contributed by atoms with Crippen LogP contribution in [0.2, 0.25) is 0 Å². The quantitative estimate of drug-likeness (QED) is 0.636. The van der Waals surface area contributed by atoms with Gasteiger partial charge in [0.15, 0.2) is 0 Å². The molecule has 0 radical (unpaired) electrons. The highest BCUT2D eigenvalue weighted by molar-refractivity contribution is 7.10. The number of nitrogens with two attached hydrogens (primary N) is 1. The van der Waals surface area contributed by atoms with Crippen molar-refractivity contribution < 1.29 is 9.47 Å². The minimum Gasteiger partial charge on any atom is -0.381 e. The highest BCUT2D eigenvalue weighted by Gasteiger charge is 2.42. The summed E-state index contributed by atoms with van der Waals surface area (Å²) in [4.78, 5) is 1.26. The van der Waals surface area contributed by atoms with Gasteiger partial charge in [-0.1, -0.05) is 0 Å². The fourth-order valence-electron chi connectivity index (χ4n) is 2.47. The van der Waals surface area contributed by atoms with Crippen LogP contribution < -0.4 is 11.3 Å². The number of hydrogen-bond donors (Lipinski definition) is 2. The molecular formula is C12H20N2O2S. The van der Waals surface area contributed by atoms with Gasteiger partial charge in [-0.05, 0) is 23.9 Å². The molecule has 1 aromatic rings. The van der Waals surface area contributed by atoms with Gasteiger partial charge in [-0.15, -0.1) is 11.3 Å². The van der Waals surface area contributed by atoms with Gasteiger partial charge in [0.1, 0.15) is 0 Å². The molecule has 1 unspecified atom stereocenters. The molecule has 2 heterocycles. The summed E-state index contributed by atoms with van der Waals surface area (Å²) in [6, 6.07) is 2.16. The lowest BCUT2D eigenvalue weighted by Gasteiger charge is -2.41. The lowest BCUT2D eigenvalue weighted by atomic mass is 9.84. The first-order valence-electron chi connectivity index (χ1n) is 5.86. The van der Waals surface area contributed by atoms with Crippen molar-refractivity contribution in [3.05, 3.63) is 21.9 Å². The summed E-state index contributed by atoms with van der Waals surface area (Å²) in [5.41, 5.74) is 3.95. The summed E-state index contributed by atoms with van der Waals surface area (Å²) < 4.78 is 11.2. The third-order valence-corrected chi connectivity index (χ3v) is 4.69. The maximum absolute atomic E-state index is 5.79. The molecule has 2 rings (SSSR count). The minimum atomic E-state index is -0.247. The molecule has 1 saturated heterocycles. The topological polar surface area (TPSA) is 56.5 Å². The second-order valence-electron chi connectivity index (χ2n) is 4.45. The van der Waals surface area contributed by atoms with Crippen LogP contribution in [-0.2, 0) is 9.47 Å². The zero-order valence-corrected chi connectivity index (χ0v) is 11.2. The normalized spacial score (nSPS) is 21.4. The molecule has 1 aliphatic rings. The molecule has 0 saturated carbocycles. The predicted octanol–water partition coefficient (Wildman–Crippen LogP) is 1.76. The van der Waals surface area contributed by atoms with Crippen molar-refractivity contribution in [1.29, 1.82) is 0 Å². The summed E-state index contributed by atoms with van der Waals surface area (Å²) >= 11 is 1.73. The number of aryl methyl sites for hydroxylation is 1. The van der Waals surface area contributed by atoms with E-state index in [0.717, 1.165) is 26.1 Å². The third kappa shape index (κ3) is 2.39. The van der Waals surface area contributed by atoms with Crippen molar-refractivity contribution in [2.24, 2.45) is 5.84 Å². The fraction of sp³-hybridized carbons (Fsp3) is 0.667. The number of nitrogens with one attached hydrogen (secondary N) is 1. The fourth-order valence-corrected chi connectivity index (χ4v) is 3.57. The first-order chi connectivity index (χ1) is 8.23. The number of methoxy groups -OCH3 is 1. The molecule has 0 amide bonds. The summed E-state index contributed by atoms with van der Waals surface area (Å²) in [7, 11) is 1.76. The molecule has 1 aliphatic heterocycles. The molecule has 5 heteroatoms. The van der Waals surface area contributed by atoms with E-state index in [9.17, 15) is 0 Å². The van der Waals surface area contributed by atoms with E-state index in [1.807, 2.05) is 0 Å². The molecule has 1 fully saturated rings. The molecule has 0 aliphatic carbocycles. The Morgan fingerprint density at radius 3 is 2.71 bits per heavy atom. The van der Waals surface area contributed by atoms with E-state index in [1.54, 1.807) is 18.4 Å². The van der Waals surface area contributed by atoms with E-state index in [4.69, 9.17) is 15.3 Å². The molecule has 1 aromatic heterocycles. The first-order valence-corrected chi connectivity index (χ1v) is 6.74. The van der Waals surface area contributed by atoms with Crippen molar-refractivity contribution >= 4 is 11.3 Å². The van der Waals surface area contributed by atoms with Crippen LogP contribution in [0.15, 0.2) is 11.4 Å². The molecule has 0 bridgehead atoms. The zero-order valence-electron chi connectivity index (χ0n) is 10.4. The van der Waals surface area contributed by atoms with E-state index in [1.165, 1.54) is 10.4 Å². The Hall–Kier alpha value is -0.460.